The molecule has 0 spiro atoms. The summed E-state index contributed by atoms with van der Waals surface area (Å²) in [5.74, 6) is -0.775. The first-order valence-electron chi connectivity index (χ1n) is 6.27. The summed E-state index contributed by atoms with van der Waals surface area (Å²) in [7, 11) is 0. The van der Waals surface area contributed by atoms with Crippen LogP contribution in [0.3, 0.4) is 0 Å². The number of hydrogen-bond donors (Lipinski definition) is 2. The van der Waals surface area contributed by atoms with Crippen molar-refractivity contribution in [1.82, 2.24) is 25.2 Å². The average Bonchev–Trinajstić information content (AvgIpc) is 2.90. The molecular formula is C12H15N5O3. The highest BCUT2D eigenvalue weighted by atomic mass is 16.4. The average molecular weight is 277 g/mol. The van der Waals surface area contributed by atoms with E-state index < -0.39 is 11.5 Å². The van der Waals surface area contributed by atoms with Crippen LogP contribution in [0.25, 0.3) is 11.5 Å². The molecule has 0 amide bonds. The predicted octanol–water partition coefficient (Wildman–Crippen LogP) is 0.628. The fraction of sp³-hybridized carbons (Fsp3) is 0.417. The van der Waals surface area contributed by atoms with E-state index in [9.17, 15) is 14.7 Å². The van der Waals surface area contributed by atoms with E-state index in [0.717, 1.165) is 0 Å². The summed E-state index contributed by atoms with van der Waals surface area (Å²) in [6.07, 6.45) is 0.655. The van der Waals surface area contributed by atoms with Crippen molar-refractivity contribution < 1.29 is 9.90 Å². The number of H-pyrrole nitrogens is 1. The zero-order valence-corrected chi connectivity index (χ0v) is 11.2. The highest BCUT2D eigenvalue weighted by Gasteiger charge is 2.40. The molecule has 2 aromatic heterocycles. The first kappa shape index (κ1) is 13.9. The molecule has 2 aromatic rings. The zero-order valence-electron chi connectivity index (χ0n) is 11.2. The molecule has 0 aliphatic carbocycles. The Hall–Kier alpha value is -2.51. The third-order valence-electron chi connectivity index (χ3n) is 3.45. The van der Waals surface area contributed by atoms with Gasteiger partial charge in [-0.1, -0.05) is 19.9 Å². The molecule has 0 radical (unpaired) electrons. The van der Waals surface area contributed by atoms with Crippen LogP contribution in [0.2, 0.25) is 0 Å². The summed E-state index contributed by atoms with van der Waals surface area (Å²) in [6.45, 7) is 3.52. The van der Waals surface area contributed by atoms with Gasteiger partial charge in [0.15, 0.2) is 11.4 Å². The molecule has 0 atom stereocenters. The molecule has 0 fully saturated rings. The Morgan fingerprint density at radius 3 is 2.65 bits per heavy atom. The summed E-state index contributed by atoms with van der Waals surface area (Å²) in [5, 5.41) is 20.7. The second kappa shape index (κ2) is 5.24. The van der Waals surface area contributed by atoms with E-state index in [4.69, 9.17) is 0 Å². The molecule has 8 nitrogen and oxygen atoms in total. The maximum absolute atomic E-state index is 11.6. The van der Waals surface area contributed by atoms with Gasteiger partial charge in [0.05, 0.1) is 5.69 Å². The lowest BCUT2D eigenvalue weighted by Crippen LogP contribution is -2.42. The molecule has 2 N–H and O–H groups in total. The molecule has 0 aliphatic rings. The maximum Gasteiger partial charge on any atom is 0.331 e. The van der Waals surface area contributed by atoms with Crippen LogP contribution in [0.5, 0.6) is 0 Å². The van der Waals surface area contributed by atoms with E-state index in [-0.39, 0.29) is 11.4 Å². The third-order valence-corrected chi connectivity index (χ3v) is 3.45. The summed E-state index contributed by atoms with van der Waals surface area (Å²) in [5.41, 5.74) is -1.15. The number of aliphatic carboxylic acids is 1. The minimum Gasteiger partial charge on any atom is -0.479 e. The molecule has 2 heterocycles. The molecule has 106 valence electrons. The van der Waals surface area contributed by atoms with E-state index in [1.54, 1.807) is 26.0 Å². The number of aromatic amines is 1. The number of hydrogen-bond acceptors (Lipinski definition) is 5. The van der Waals surface area contributed by atoms with E-state index in [1.807, 2.05) is 0 Å². The Labute approximate surface area is 114 Å². The fourth-order valence-electron chi connectivity index (χ4n) is 2.16. The largest absolute Gasteiger partial charge is 0.479 e. The van der Waals surface area contributed by atoms with Crippen molar-refractivity contribution in [2.75, 3.05) is 0 Å². The maximum atomic E-state index is 11.6. The lowest BCUT2D eigenvalue weighted by atomic mass is 9.93. The van der Waals surface area contributed by atoms with Crippen LogP contribution in [0.1, 0.15) is 26.7 Å². The highest BCUT2D eigenvalue weighted by Crippen LogP contribution is 2.28. The fourth-order valence-corrected chi connectivity index (χ4v) is 2.16. The van der Waals surface area contributed by atoms with Gasteiger partial charge in [0.1, 0.15) is 0 Å². The molecule has 0 aromatic carbocycles. The van der Waals surface area contributed by atoms with Crippen LogP contribution in [0.15, 0.2) is 23.0 Å². The van der Waals surface area contributed by atoms with Crippen molar-refractivity contribution in [3.8, 4) is 11.5 Å². The van der Waals surface area contributed by atoms with Crippen molar-refractivity contribution in [3.63, 3.8) is 0 Å². The third kappa shape index (κ3) is 2.09. The van der Waals surface area contributed by atoms with Crippen LogP contribution < -0.4 is 5.56 Å². The van der Waals surface area contributed by atoms with Crippen molar-refractivity contribution in [2.45, 2.75) is 32.2 Å². The first-order valence-corrected chi connectivity index (χ1v) is 6.27. The number of carboxylic acids is 1. The second-order valence-electron chi connectivity index (χ2n) is 4.39. The Bertz CT molecular complexity index is 671. The zero-order chi connectivity index (χ0) is 14.8. The number of nitrogens with zero attached hydrogens (tertiary/aromatic N) is 4. The van der Waals surface area contributed by atoms with Crippen LogP contribution >= 0.6 is 0 Å². The van der Waals surface area contributed by atoms with Gasteiger partial charge in [0, 0.05) is 6.07 Å². The minimum atomic E-state index is -1.23. The molecule has 0 unspecified atom stereocenters. The Morgan fingerprint density at radius 1 is 1.40 bits per heavy atom. The van der Waals surface area contributed by atoms with Crippen molar-refractivity contribution in [3.05, 3.63) is 28.6 Å². The van der Waals surface area contributed by atoms with Crippen molar-refractivity contribution >= 4 is 5.97 Å². The van der Waals surface area contributed by atoms with Gasteiger partial charge in [0.25, 0.3) is 0 Å². The number of pyridine rings is 1. The normalized spacial score (nSPS) is 11.5. The molecule has 20 heavy (non-hydrogen) atoms. The van der Waals surface area contributed by atoms with E-state index in [2.05, 4.69) is 20.5 Å². The van der Waals surface area contributed by atoms with Crippen LogP contribution in [0, 0.1) is 0 Å². The quantitative estimate of drug-likeness (QED) is 0.828. The van der Waals surface area contributed by atoms with E-state index in [0.29, 0.717) is 18.5 Å². The monoisotopic (exact) mass is 277 g/mol. The number of aromatic nitrogens is 5. The summed E-state index contributed by atoms with van der Waals surface area (Å²) >= 11 is 0. The van der Waals surface area contributed by atoms with E-state index >= 15 is 0 Å². The Morgan fingerprint density at radius 2 is 2.10 bits per heavy atom. The molecule has 0 bridgehead atoms. The van der Waals surface area contributed by atoms with Gasteiger partial charge in [-0.2, -0.15) is 0 Å². The summed E-state index contributed by atoms with van der Waals surface area (Å²) < 4.78 is 1.26. The second-order valence-corrected chi connectivity index (χ2v) is 4.39. The summed E-state index contributed by atoms with van der Waals surface area (Å²) in [4.78, 5) is 25.6. The smallest absolute Gasteiger partial charge is 0.331 e. The number of nitrogens with one attached hydrogen (secondary N) is 1. The SMILES string of the molecule is CCC(CC)(C(=O)O)n1nnnc1-c1cccc(=O)[nH]1. The van der Waals surface area contributed by atoms with Gasteiger partial charge >= 0.3 is 5.97 Å². The molecule has 0 saturated heterocycles. The Kier molecular flexibility index (Phi) is 3.64. The topological polar surface area (TPSA) is 114 Å². The van der Waals surface area contributed by atoms with Gasteiger partial charge in [-0.25, -0.2) is 9.48 Å². The number of carbonyl (C=O) groups is 1. The lowest BCUT2D eigenvalue weighted by molar-refractivity contribution is -0.148. The van der Waals surface area contributed by atoms with Gasteiger partial charge in [-0.05, 0) is 29.3 Å². The molecule has 0 aliphatic heterocycles. The van der Waals surface area contributed by atoms with Gasteiger partial charge in [0.2, 0.25) is 5.56 Å². The standard InChI is InChI=1S/C12H15N5O3/c1-3-12(4-2,11(19)20)17-10(14-15-16-17)8-6-5-7-9(18)13-8/h5-7H,3-4H2,1-2H3,(H,13,18)(H,19,20). The molecule has 0 saturated carbocycles. The predicted molar refractivity (Wildman–Crippen MR) is 70.1 cm³/mol. The molecule has 8 heteroatoms. The summed E-state index contributed by atoms with van der Waals surface area (Å²) in [6, 6.07) is 4.55. The van der Waals surface area contributed by atoms with Crippen molar-refractivity contribution in [2.24, 2.45) is 0 Å². The van der Waals surface area contributed by atoms with Gasteiger partial charge < -0.3 is 10.1 Å². The van der Waals surface area contributed by atoms with Crippen LogP contribution in [0.4, 0.5) is 0 Å². The Balaban J connectivity index is 2.63. The first-order chi connectivity index (χ1) is 9.55. The number of tetrazole rings is 1. The van der Waals surface area contributed by atoms with Crippen LogP contribution in [-0.2, 0) is 10.3 Å². The molecular weight excluding hydrogens is 262 g/mol. The minimum absolute atomic E-state index is 0.230. The molecule has 2 rings (SSSR count). The van der Waals surface area contributed by atoms with E-state index in [1.165, 1.54) is 10.7 Å². The lowest BCUT2D eigenvalue weighted by Gasteiger charge is -2.27. The number of rotatable bonds is 5. The van der Waals surface area contributed by atoms with Gasteiger partial charge in [-0.3, -0.25) is 4.79 Å². The van der Waals surface area contributed by atoms with Gasteiger partial charge in [-0.15, -0.1) is 5.10 Å². The van der Waals surface area contributed by atoms with Crippen LogP contribution in [-0.4, -0.2) is 36.3 Å². The highest BCUT2D eigenvalue weighted by molar-refractivity contribution is 5.77. The number of carboxylic acid groups (broad SMARTS) is 1. The van der Waals surface area contributed by atoms with Crippen molar-refractivity contribution in [1.29, 1.82) is 0 Å².